The molecule has 0 fully saturated rings. The van der Waals surface area contributed by atoms with Crippen LogP contribution < -0.4 is 10.9 Å². The number of aromatic amines is 1. The molecule has 0 spiro atoms. The van der Waals surface area contributed by atoms with Crippen molar-refractivity contribution in [2.75, 3.05) is 5.32 Å². The highest BCUT2D eigenvalue weighted by atomic mass is 32.1. The number of fused-ring (bicyclic) bond motifs is 1. The number of rotatable bonds is 3. The predicted octanol–water partition coefficient (Wildman–Crippen LogP) is 2.19. The standard InChI is InChI=1S/C15H18N4O3S/c1-7(2)14-18-19-15(23-14)17-13(22)10-11(20)8-5-3-4-6-9(8)16-12(10)21/h7H,3-6H2,1-2H3,(H2,16,20,21)(H,17,19,22). The van der Waals surface area contributed by atoms with E-state index in [4.69, 9.17) is 0 Å². The van der Waals surface area contributed by atoms with Gasteiger partial charge in [0.25, 0.3) is 11.5 Å². The number of aromatic hydroxyl groups is 1. The first-order valence-electron chi connectivity index (χ1n) is 7.59. The molecular formula is C15H18N4O3S. The molecule has 3 rings (SSSR count). The molecule has 2 aromatic rings. The van der Waals surface area contributed by atoms with Crippen molar-refractivity contribution in [2.45, 2.75) is 45.4 Å². The van der Waals surface area contributed by atoms with Crippen molar-refractivity contribution in [3.05, 3.63) is 32.2 Å². The van der Waals surface area contributed by atoms with Crippen LogP contribution >= 0.6 is 11.3 Å². The summed E-state index contributed by atoms with van der Waals surface area (Å²) in [6.45, 7) is 3.96. The Morgan fingerprint density at radius 1 is 1.30 bits per heavy atom. The van der Waals surface area contributed by atoms with Gasteiger partial charge in [0, 0.05) is 17.2 Å². The molecular weight excluding hydrogens is 316 g/mol. The number of aromatic nitrogens is 3. The zero-order valence-electron chi connectivity index (χ0n) is 13.0. The Hall–Kier alpha value is -2.22. The smallest absolute Gasteiger partial charge is 0.266 e. The third-order valence-electron chi connectivity index (χ3n) is 3.86. The third-order valence-corrected chi connectivity index (χ3v) is 5.00. The molecule has 3 N–H and O–H groups in total. The topological polar surface area (TPSA) is 108 Å². The zero-order valence-corrected chi connectivity index (χ0v) is 13.8. The van der Waals surface area contributed by atoms with Gasteiger partial charge < -0.3 is 10.1 Å². The molecule has 0 aromatic carbocycles. The van der Waals surface area contributed by atoms with E-state index in [2.05, 4.69) is 20.5 Å². The summed E-state index contributed by atoms with van der Waals surface area (Å²) < 4.78 is 0. The zero-order chi connectivity index (χ0) is 16.6. The minimum atomic E-state index is -0.663. The van der Waals surface area contributed by atoms with Crippen molar-refractivity contribution in [3.63, 3.8) is 0 Å². The number of hydrogen-bond acceptors (Lipinski definition) is 6. The minimum absolute atomic E-state index is 0.207. The second-order valence-electron chi connectivity index (χ2n) is 5.90. The lowest BCUT2D eigenvalue weighted by atomic mass is 9.94. The maximum absolute atomic E-state index is 12.4. The van der Waals surface area contributed by atoms with Crippen LogP contribution in [-0.2, 0) is 12.8 Å². The molecule has 122 valence electrons. The maximum Gasteiger partial charge on any atom is 0.266 e. The molecule has 0 bridgehead atoms. The van der Waals surface area contributed by atoms with E-state index in [0.717, 1.165) is 23.5 Å². The van der Waals surface area contributed by atoms with Crippen LogP contribution in [0, 0.1) is 0 Å². The summed E-state index contributed by atoms with van der Waals surface area (Å²) in [5, 5.41) is 21.9. The molecule has 1 amide bonds. The van der Waals surface area contributed by atoms with Gasteiger partial charge in [-0.05, 0) is 25.7 Å². The van der Waals surface area contributed by atoms with Crippen molar-refractivity contribution < 1.29 is 9.90 Å². The Kier molecular flexibility index (Phi) is 4.16. The monoisotopic (exact) mass is 334 g/mol. The molecule has 0 unspecified atom stereocenters. The fourth-order valence-electron chi connectivity index (χ4n) is 2.65. The highest BCUT2D eigenvalue weighted by Crippen LogP contribution is 2.29. The highest BCUT2D eigenvalue weighted by molar-refractivity contribution is 7.15. The molecule has 1 aliphatic rings. The Bertz CT molecular complexity index is 810. The van der Waals surface area contributed by atoms with E-state index in [1.54, 1.807) is 0 Å². The first kappa shape index (κ1) is 15.7. The normalized spacial score (nSPS) is 13.9. The molecule has 1 aliphatic carbocycles. The second-order valence-corrected chi connectivity index (χ2v) is 6.91. The lowest BCUT2D eigenvalue weighted by Crippen LogP contribution is -2.26. The van der Waals surface area contributed by atoms with Crippen molar-refractivity contribution in [2.24, 2.45) is 0 Å². The lowest BCUT2D eigenvalue weighted by Gasteiger charge is -2.17. The van der Waals surface area contributed by atoms with E-state index in [-0.39, 0.29) is 17.2 Å². The summed E-state index contributed by atoms with van der Waals surface area (Å²) in [6.07, 6.45) is 3.28. The lowest BCUT2D eigenvalue weighted by molar-refractivity contribution is 0.102. The van der Waals surface area contributed by atoms with Gasteiger partial charge in [-0.2, -0.15) is 0 Å². The number of pyridine rings is 1. The molecule has 2 heterocycles. The molecule has 0 atom stereocenters. The summed E-state index contributed by atoms with van der Waals surface area (Å²) >= 11 is 1.26. The van der Waals surface area contributed by atoms with Gasteiger partial charge in [0.15, 0.2) is 0 Å². The van der Waals surface area contributed by atoms with Crippen molar-refractivity contribution in [1.29, 1.82) is 0 Å². The number of amides is 1. The Labute approximate surface area is 136 Å². The molecule has 0 aliphatic heterocycles. The molecule has 0 saturated carbocycles. The minimum Gasteiger partial charge on any atom is -0.507 e. The van der Waals surface area contributed by atoms with E-state index in [0.29, 0.717) is 23.5 Å². The molecule has 2 aromatic heterocycles. The van der Waals surface area contributed by atoms with Gasteiger partial charge in [-0.25, -0.2) is 0 Å². The third kappa shape index (κ3) is 2.98. The van der Waals surface area contributed by atoms with Crippen molar-refractivity contribution in [3.8, 4) is 5.75 Å². The van der Waals surface area contributed by atoms with Crippen LogP contribution in [0.5, 0.6) is 5.75 Å². The summed E-state index contributed by atoms with van der Waals surface area (Å²) in [5.74, 6) is -0.670. The van der Waals surface area contributed by atoms with Crippen LogP contribution in [0.15, 0.2) is 4.79 Å². The number of aryl methyl sites for hydroxylation is 1. The highest BCUT2D eigenvalue weighted by Gasteiger charge is 2.24. The molecule has 0 radical (unpaired) electrons. The van der Waals surface area contributed by atoms with Gasteiger partial charge >= 0.3 is 0 Å². The van der Waals surface area contributed by atoms with E-state index >= 15 is 0 Å². The number of nitrogens with one attached hydrogen (secondary N) is 2. The molecule has 23 heavy (non-hydrogen) atoms. The quantitative estimate of drug-likeness (QED) is 0.797. The fourth-order valence-corrected chi connectivity index (χ4v) is 3.39. The molecule has 0 saturated heterocycles. The largest absolute Gasteiger partial charge is 0.507 e. The predicted molar refractivity (Wildman–Crippen MR) is 87.3 cm³/mol. The van der Waals surface area contributed by atoms with E-state index in [9.17, 15) is 14.7 Å². The van der Waals surface area contributed by atoms with Gasteiger partial charge in [-0.15, -0.1) is 10.2 Å². The SMILES string of the molecule is CC(C)c1nnc(NC(=O)c2c(O)c3c([nH]c2=O)CCCC3)s1. The first-order valence-corrected chi connectivity index (χ1v) is 8.40. The summed E-state index contributed by atoms with van der Waals surface area (Å²) in [5.41, 5.74) is 0.565. The molecule has 8 heteroatoms. The van der Waals surface area contributed by atoms with E-state index in [1.807, 2.05) is 13.8 Å². The Morgan fingerprint density at radius 2 is 2.04 bits per heavy atom. The summed E-state index contributed by atoms with van der Waals surface area (Å²) in [7, 11) is 0. The number of H-pyrrole nitrogens is 1. The van der Waals surface area contributed by atoms with Crippen LogP contribution in [0.1, 0.15) is 59.2 Å². The molecule has 7 nitrogen and oxygen atoms in total. The number of nitrogens with zero attached hydrogens (tertiary/aromatic N) is 2. The Morgan fingerprint density at radius 3 is 2.74 bits per heavy atom. The van der Waals surface area contributed by atoms with Gasteiger partial charge in [-0.3, -0.25) is 14.9 Å². The van der Waals surface area contributed by atoms with Crippen LogP contribution in [0.25, 0.3) is 0 Å². The van der Waals surface area contributed by atoms with Crippen LogP contribution in [0.3, 0.4) is 0 Å². The van der Waals surface area contributed by atoms with E-state index < -0.39 is 11.5 Å². The average molecular weight is 334 g/mol. The van der Waals surface area contributed by atoms with Gasteiger partial charge in [-0.1, -0.05) is 25.2 Å². The van der Waals surface area contributed by atoms with Gasteiger partial charge in [0.2, 0.25) is 5.13 Å². The second kappa shape index (κ2) is 6.11. The van der Waals surface area contributed by atoms with Crippen LogP contribution in [-0.4, -0.2) is 26.2 Å². The van der Waals surface area contributed by atoms with Crippen molar-refractivity contribution >= 4 is 22.4 Å². The van der Waals surface area contributed by atoms with Gasteiger partial charge in [0.05, 0.1) is 0 Å². The number of carbonyl (C=O) groups excluding carboxylic acids is 1. The summed E-state index contributed by atoms with van der Waals surface area (Å²) in [6, 6.07) is 0. The number of hydrogen-bond donors (Lipinski definition) is 3. The Balaban J connectivity index is 1.91. The van der Waals surface area contributed by atoms with Gasteiger partial charge in [0.1, 0.15) is 16.3 Å². The maximum atomic E-state index is 12.4. The summed E-state index contributed by atoms with van der Waals surface area (Å²) in [4.78, 5) is 27.2. The van der Waals surface area contributed by atoms with Crippen LogP contribution in [0.2, 0.25) is 0 Å². The number of carbonyl (C=O) groups is 1. The fraction of sp³-hybridized carbons (Fsp3) is 0.467. The first-order chi connectivity index (χ1) is 11.0. The van der Waals surface area contributed by atoms with Crippen molar-refractivity contribution in [1.82, 2.24) is 15.2 Å². The number of anilines is 1. The van der Waals surface area contributed by atoms with Crippen LogP contribution in [0.4, 0.5) is 5.13 Å². The average Bonchev–Trinajstić information content (AvgIpc) is 2.96. The van der Waals surface area contributed by atoms with E-state index in [1.165, 1.54) is 11.3 Å².